The minimum atomic E-state index is 0.00542. The average molecular weight is 160 g/mol. The third-order valence-electron chi connectivity index (χ3n) is 1.79. The molecule has 1 rings (SSSR count). The van der Waals surface area contributed by atoms with Crippen molar-refractivity contribution in [2.45, 2.75) is 18.9 Å². The first-order chi connectivity index (χ1) is 5.84. The predicted octanol–water partition coefficient (Wildman–Crippen LogP) is 1.99. The Balaban J connectivity index is 2.55. The second kappa shape index (κ2) is 4.53. The number of benzene rings is 1. The standard InChI is InChI=1S/C10H12N2/c11-8-4-7-10(12)9-5-2-1-3-6-9/h1-3,5-6,10H,4,7,12H2/t10-/m1/s1. The van der Waals surface area contributed by atoms with Crippen molar-refractivity contribution in [1.29, 1.82) is 5.26 Å². The fourth-order valence-electron chi connectivity index (χ4n) is 1.09. The van der Waals surface area contributed by atoms with E-state index in [1.54, 1.807) is 0 Å². The van der Waals surface area contributed by atoms with E-state index in [9.17, 15) is 0 Å². The van der Waals surface area contributed by atoms with Crippen molar-refractivity contribution in [3.8, 4) is 6.07 Å². The molecule has 2 heteroatoms. The Bertz CT molecular complexity index is 261. The molecular weight excluding hydrogens is 148 g/mol. The highest BCUT2D eigenvalue weighted by atomic mass is 14.6. The summed E-state index contributed by atoms with van der Waals surface area (Å²) < 4.78 is 0. The van der Waals surface area contributed by atoms with E-state index in [1.807, 2.05) is 30.3 Å². The fourth-order valence-corrected chi connectivity index (χ4v) is 1.09. The number of nitrogens with two attached hydrogens (primary N) is 1. The number of rotatable bonds is 3. The minimum absolute atomic E-state index is 0.00542. The van der Waals surface area contributed by atoms with Gasteiger partial charge in [0.1, 0.15) is 0 Å². The highest BCUT2D eigenvalue weighted by Gasteiger charge is 2.03. The Morgan fingerprint density at radius 3 is 2.58 bits per heavy atom. The zero-order chi connectivity index (χ0) is 8.81. The van der Waals surface area contributed by atoms with Crippen molar-refractivity contribution >= 4 is 0 Å². The maximum absolute atomic E-state index is 8.36. The van der Waals surface area contributed by atoms with Gasteiger partial charge in [0.05, 0.1) is 6.07 Å². The largest absolute Gasteiger partial charge is 0.324 e. The quantitative estimate of drug-likeness (QED) is 0.735. The molecule has 0 saturated heterocycles. The summed E-state index contributed by atoms with van der Waals surface area (Å²) >= 11 is 0. The number of nitriles is 1. The van der Waals surface area contributed by atoms with Crippen molar-refractivity contribution in [2.24, 2.45) is 5.73 Å². The lowest BCUT2D eigenvalue weighted by Gasteiger charge is -2.08. The molecule has 0 aromatic heterocycles. The number of hydrogen-bond acceptors (Lipinski definition) is 2. The second-order valence-corrected chi connectivity index (χ2v) is 2.71. The number of hydrogen-bond donors (Lipinski definition) is 1. The van der Waals surface area contributed by atoms with Gasteiger partial charge in [-0.1, -0.05) is 30.3 Å². The monoisotopic (exact) mass is 160 g/mol. The molecule has 0 aliphatic heterocycles. The van der Waals surface area contributed by atoms with Crippen molar-refractivity contribution in [3.63, 3.8) is 0 Å². The van der Waals surface area contributed by atoms with Crippen LogP contribution in [0.15, 0.2) is 30.3 Å². The molecule has 0 aliphatic rings. The van der Waals surface area contributed by atoms with Crippen LogP contribution >= 0.6 is 0 Å². The van der Waals surface area contributed by atoms with Crippen LogP contribution in [-0.2, 0) is 0 Å². The Morgan fingerprint density at radius 2 is 2.00 bits per heavy atom. The van der Waals surface area contributed by atoms with Crippen LogP contribution in [0, 0.1) is 11.3 Å². The third kappa shape index (κ3) is 2.37. The van der Waals surface area contributed by atoms with Crippen LogP contribution in [0.2, 0.25) is 0 Å². The molecule has 0 saturated carbocycles. The highest BCUT2D eigenvalue weighted by Crippen LogP contribution is 2.14. The van der Waals surface area contributed by atoms with Crippen LogP contribution in [0.3, 0.4) is 0 Å². The molecular formula is C10H12N2. The van der Waals surface area contributed by atoms with Gasteiger partial charge in [0.15, 0.2) is 0 Å². The van der Waals surface area contributed by atoms with Crippen LogP contribution in [0.5, 0.6) is 0 Å². The summed E-state index contributed by atoms with van der Waals surface area (Å²) in [6.45, 7) is 0. The molecule has 0 amide bonds. The first kappa shape index (κ1) is 8.76. The summed E-state index contributed by atoms with van der Waals surface area (Å²) in [5.41, 5.74) is 6.93. The van der Waals surface area contributed by atoms with Crippen molar-refractivity contribution < 1.29 is 0 Å². The van der Waals surface area contributed by atoms with Gasteiger partial charge >= 0.3 is 0 Å². The van der Waals surface area contributed by atoms with E-state index in [1.165, 1.54) is 0 Å². The first-order valence-corrected chi connectivity index (χ1v) is 4.02. The summed E-state index contributed by atoms with van der Waals surface area (Å²) in [6.07, 6.45) is 1.26. The third-order valence-corrected chi connectivity index (χ3v) is 1.79. The molecule has 0 fully saturated rings. The lowest BCUT2D eigenvalue weighted by Crippen LogP contribution is -2.09. The molecule has 0 heterocycles. The zero-order valence-electron chi connectivity index (χ0n) is 6.90. The van der Waals surface area contributed by atoms with Crippen molar-refractivity contribution in [3.05, 3.63) is 35.9 Å². The first-order valence-electron chi connectivity index (χ1n) is 4.02. The van der Waals surface area contributed by atoms with Crippen LogP contribution in [0.1, 0.15) is 24.4 Å². The summed E-state index contributed by atoms with van der Waals surface area (Å²) in [5, 5.41) is 8.36. The van der Waals surface area contributed by atoms with Gasteiger partial charge in [0.25, 0.3) is 0 Å². The Labute approximate surface area is 72.6 Å². The molecule has 0 radical (unpaired) electrons. The van der Waals surface area contributed by atoms with Gasteiger partial charge in [-0.05, 0) is 12.0 Å². The molecule has 0 aliphatic carbocycles. The van der Waals surface area contributed by atoms with E-state index in [-0.39, 0.29) is 6.04 Å². The fraction of sp³-hybridized carbons (Fsp3) is 0.300. The molecule has 0 spiro atoms. The van der Waals surface area contributed by atoms with Gasteiger partial charge < -0.3 is 5.73 Å². The predicted molar refractivity (Wildman–Crippen MR) is 48.2 cm³/mol. The van der Waals surface area contributed by atoms with Crippen LogP contribution in [0.25, 0.3) is 0 Å². The topological polar surface area (TPSA) is 49.8 Å². The van der Waals surface area contributed by atoms with E-state index in [0.29, 0.717) is 6.42 Å². The summed E-state index contributed by atoms with van der Waals surface area (Å²) in [4.78, 5) is 0. The Hall–Kier alpha value is -1.33. The highest BCUT2D eigenvalue weighted by molar-refractivity contribution is 5.18. The maximum atomic E-state index is 8.36. The summed E-state index contributed by atoms with van der Waals surface area (Å²) in [5.74, 6) is 0. The molecule has 2 N–H and O–H groups in total. The molecule has 12 heavy (non-hydrogen) atoms. The summed E-state index contributed by atoms with van der Waals surface area (Å²) in [7, 11) is 0. The second-order valence-electron chi connectivity index (χ2n) is 2.71. The Morgan fingerprint density at radius 1 is 1.33 bits per heavy atom. The molecule has 62 valence electrons. The van der Waals surface area contributed by atoms with Crippen LogP contribution < -0.4 is 5.73 Å². The van der Waals surface area contributed by atoms with Gasteiger partial charge in [-0.3, -0.25) is 0 Å². The lowest BCUT2D eigenvalue weighted by molar-refractivity contribution is 0.665. The van der Waals surface area contributed by atoms with E-state index in [2.05, 4.69) is 6.07 Å². The maximum Gasteiger partial charge on any atom is 0.0622 e. The van der Waals surface area contributed by atoms with Gasteiger partial charge in [0.2, 0.25) is 0 Å². The van der Waals surface area contributed by atoms with Crippen LogP contribution in [-0.4, -0.2) is 0 Å². The van der Waals surface area contributed by atoms with E-state index >= 15 is 0 Å². The molecule has 1 atom stereocenters. The van der Waals surface area contributed by atoms with Gasteiger partial charge in [-0.15, -0.1) is 0 Å². The smallest absolute Gasteiger partial charge is 0.0622 e. The van der Waals surface area contributed by atoms with Gasteiger partial charge in [-0.2, -0.15) is 5.26 Å². The number of nitrogens with zero attached hydrogens (tertiary/aromatic N) is 1. The van der Waals surface area contributed by atoms with Gasteiger partial charge in [-0.25, -0.2) is 0 Å². The normalized spacial score (nSPS) is 12.0. The SMILES string of the molecule is N#CCC[C@@H](N)c1ccccc1. The molecule has 2 nitrogen and oxygen atoms in total. The van der Waals surface area contributed by atoms with Gasteiger partial charge in [0, 0.05) is 12.5 Å². The van der Waals surface area contributed by atoms with E-state index in [4.69, 9.17) is 11.0 Å². The average Bonchev–Trinajstić information content (AvgIpc) is 2.15. The molecule has 1 aromatic rings. The molecule has 1 aromatic carbocycles. The van der Waals surface area contributed by atoms with E-state index in [0.717, 1.165) is 12.0 Å². The molecule has 0 unspecified atom stereocenters. The zero-order valence-corrected chi connectivity index (χ0v) is 6.90. The molecule has 0 bridgehead atoms. The van der Waals surface area contributed by atoms with Crippen molar-refractivity contribution in [1.82, 2.24) is 0 Å². The lowest BCUT2D eigenvalue weighted by atomic mass is 10.0. The van der Waals surface area contributed by atoms with Crippen LogP contribution in [0.4, 0.5) is 0 Å². The van der Waals surface area contributed by atoms with E-state index < -0.39 is 0 Å². The minimum Gasteiger partial charge on any atom is -0.324 e. The summed E-state index contributed by atoms with van der Waals surface area (Å²) in [6, 6.07) is 11.9. The van der Waals surface area contributed by atoms with Crippen molar-refractivity contribution in [2.75, 3.05) is 0 Å². The Kier molecular flexibility index (Phi) is 3.31.